The van der Waals surface area contributed by atoms with Gasteiger partial charge in [-0.3, -0.25) is 14.7 Å². The number of aliphatic imine (C=N–C) groups is 1. The van der Waals surface area contributed by atoms with E-state index in [-0.39, 0.29) is 18.5 Å². The van der Waals surface area contributed by atoms with E-state index in [1.54, 1.807) is 7.05 Å². The molecule has 0 spiro atoms. The van der Waals surface area contributed by atoms with Crippen LogP contribution in [0.2, 0.25) is 0 Å². The second kappa shape index (κ2) is 8.00. The van der Waals surface area contributed by atoms with Crippen LogP contribution >= 0.6 is 0 Å². The van der Waals surface area contributed by atoms with Gasteiger partial charge in [0.1, 0.15) is 0 Å². The Kier molecular flexibility index (Phi) is 6.64. The van der Waals surface area contributed by atoms with Crippen LogP contribution in [0.15, 0.2) is 4.99 Å². The zero-order chi connectivity index (χ0) is 16.8. The molecule has 3 amide bonds. The van der Waals surface area contributed by atoms with E-state index in [4.69, 9.17) is 0 Å². The van der Waals surface area contributed by atoms with Crippen LogP contribution in [-0.4, -0.2) is 55.5 Å². The van der Waals surface area contributed by atoms with Gasteiger partial charge in [-0.15, -0.1) is 0 Å². The van der Waals surface area contributed by atoms with Gasteiger partial charge in [0.05, 0.1) is 6.54 Å². The number of nitrogens with zero attached hydrogens (tertiary/aromatic N) is 2. The summed E-state index contributed by atoms with van der Waals surface area (Å²) in [4.78, 5) is 28.2. The Morgan fingerprint density at radius 3 is 2.59 bits per heavy atom. The minimum atomic E-state index is -0.326. The number of amides is 3. The Morgan fingerprint density at radius 2 is 2.09 bits per heavy atom. The predicted molar refractivity (Wildman–Crippen MR) is 87.8 cm³/mol. The minimum Gasteiger partial charge on any atom is -0.355 e. The highest BCUT2D eigenvalue weighted by atomic mass is 16.2. The lowest BCUT2D eigenvalue weighted by molar-refractivity contribution is -0.124. The van der Waals surface area contributed by atoms with Crippen molar-refractivity contribution >= 4 is 17.9 Å². The van der Waals surface area contributed by atoms with Crippen LogP contribution in [0.1, 0.15) is 40.5 Å². The fraction of sp³-hybridized carbons (Fsp3) is 0.800. The van der Waals surface area contributed by atoms with Gasteiger partial charge in [0.25, 0.3) is 0 Å². The third kappa shape index (κ3) is 6.32. The van der Waals surface area contributed by atoms with E-state index < -0.39 is 0 Å². The fourth-order valence-corrected chi connectivity index (χ4v) is 2.12. The molecule has 1 rings (SSSR count). The summed E-state index contributed by atoms with van der Waals surface area (Å²) in [5, 5.41) is 8.95. The summed E-state index contributed by atoms with van der Waals surface area (Å²) in [6, 6.07) is -0.0181. The number of hydrogen-bond acceptors (Lipinski definition) is 3. The zero-order valence-corrected chi connectivity index (χ0v) is 14.3. The van der Waals surface area contributed by atoms with Crippen molar-refractivity contribution < 1.29 is 9.59 Å². The number of urea groups is 1. The molecule has 1 heterocycles. The summed E-state index contributed by atoms with van der Waals surface area (Å²) in [6.07, 6.45) is 2.18. The third-order valence-corrected chi connectivity index (χ3v) is 3.50. The van der Waals surface area contributed by atoms with E-state index in [2.05, 4.69) is 48.6 Å². The summed E-state index contributed by atoms with van der Waals surface area (Å²) >= 11 is 0. The van der Waals surface area contributed by atoms with Gasteiger partial charge in [0, 0.05) is 26.2 Å². The Labute approximate surface area is 132 Å². The first-order valence-electron chi connectivity index (χ1n) is 7.78. The number of hydrogen-bond donors (Lipinski definition) is 3. The van der Waals surface area contributed by atoms with E-state index in [9.17, 15) is 9.59 Å². The molecule has 1 saturated heterocycles. The number of carbonyl (C=O) groups is 2. The first-order chi connectivity index (χ1) is 10.2. The third-order valence-electron chi connectivity index (χ3n) is 3.50. The molecule has 126 valence electrons. The highest BCUT2D eigenvalue weighted by molar-refractivity contribution is 6.01. The summed E-state index contributed by atoms with van der Waals surface area (Å²) in [5.74, 6) is 0.502. The molecule has 3 N–H and O–H groups in total. The van der Waals surface area contributed by atoms with Crippen LogP contribution in [0.3, 0.4) is 0 Å². The Hall–Kier alpha value is -1.79. The van der Waals surface area contributed by atoms with Gasteiger partial charge in [-0.1, -0.05) is 20.8 Å². The molecule has 1 aliphatic heterocycles. The lowest BCUT2D eigenvalue weighted by Crippen LogP contribution is -2.46. The Bertz CT molecular complexity index is 412. The molecule has 1 unspecified atom stereocenters. The molecule has 1 fully saturated rings. The van der Waals surface area contributed by atoms with Crippen molar-refractivity contribution in [2.45, 2.75) is 46.6 Å². The van der Waals surface area contributed by atoms with Gasteiger partial charge >= 0.3 is 6.03 Å². The fourth-order valence-electron chi connectivity index (χ4n) is 2.12. The molecule has 0 aromatic heterocycles. The first kappa shape index (κ1) is 18.3. The highest BCUT2D eigenvalue weighted by Gasteiger charge is 2.27. The Morgan fingerprint density at radius 1 is 1.41 bits per heavy atom. The quantitative estimate of drug-likeness (QED) is 0.387. The average molecular weight is 311 g/mol. The molecular formula is C15H29N5O2. The van der Waals surface area contributed by atoms with Gasteiger partial charge < -0.3 is 16.0 Å². The van der Waals surface area contributed by atoms with Crippen LogP contribution in [0.4, 0.5) is 4.79 Å². The van der Waals surface area contributed by atoms with Crippen LogP contribution in [0.5, 0.6) is 0 Å². The number of nitrogens with one attached hydrogen (secondary N) is 3. The molecular weight excluding hydrogens is 282 g/mol. The second-order valence-corrected chi connectivity index (χ2v) is 6.85. The zero-order valence-electron chi connectivity index (χ0n) is 14.3. The molecule has 0 bridgehead atoms. The molecule has 0 aromatic carbocycles. The number of rotatable bonds is 6. The first-order valence-corrected chi connectivity index (χ1v) is 7.78. The van der Waals surface area contributed by atoms with Crippen molar-refractivity contribution in [3.8, 4) is 0 Å². The molecule has 7 heteroatoms. The van der Waals surface area contributed by atoms with E-state index in [0.717, 1.165) is 12.8 Å². The van der Waals surface area contributed by atoms with E-state index in [1.807, 2.05) is 0 Å². The second-order valence-electron chi connectivity index (χ2n) is 6.85. The van der Waals surface area contributed by atoms with Crippen LogP contribution < -0.4 is 16.0 Å². The molecule has 1 atom stereocenters. The molecule has 0 aliphatic carbocycles. The van der Waals surface area contributed by atoms with Crippen LogP contribution in [0, 0.1) is 5.41 Å². The van der Waals surface area contributed by atoms with Crippen LogP contribution in [-0.2, 0) is 4.79 Å². The monoisotopic (exact) mass is 311 g/mol. The van der Waals surface area contributed by atoms with Crippen molar-refractivity contribution in [3.05, 3.63) is 0 Å². The van der Waals surface area contributed by atoms with Gasteiger partial charge in [-0.05, 0) is 25.2 Å². The maximum Gasteiger partial charge on any atom is 0.324 e. The Balaban J connectivity index is 2.30. The van der Waals surface area contributed by atoms with Crippen molar-refractivity contribution in [2.24, 2.45) is 10.4 Å². The van der Waals surface area contributed by atoms with Crippen molar-refractivity contribution in [1.29, 1.82) is 0 Å². The maximum atomic E-state index is 11.5. The largest absolute Gasteiger partial charge is 0.355 e. The van der Waals surface area contributed by atoms with Crippen LogP contribution in [0.25, 0.3) is 0 Å². The van der Waals surface area contributed by atoms with E-state index in [1.165, 1.54) is 4.90 Å². The SMILES string of the molecule is CN=C(NCCN1C(=O)CNC1=O)NC(C)CCC(C)(C)C. The van der Waals surface area contributed by atoms with E-state index in [0.29, 0.717) is 30.5 Å². The highest BCUT2D eigenvalue weighted by Crippen LogP contribution is 2.21. The lowest BCUT2D eigenvalue weighted by Gasteiger charge is -2.23. The summed E-state index contributed by atoms with van der Waals surface area (Å²) in [7, 11) is 1.71. The van der Waals surface area contributed by atoms with Gasteiger partial charge in [-0.25, -0.2) is 4.79 Å². The molecule has 7 nitrogen and oxygen atoms in total. The number of imide groups is 1. The summed E-state index contributed by atoms with van der Waals surface area (Å²) in [5.41, 5.74) is 0.316. The minimum absolute atomic E-state index is 0.0929. The lowest BCUT2D eigenvalue weighted by atomic mass is 9.89. The summed E-state index contributed by atoms with van der Waals surface area (Å²) < 4.78 is 0. The topological polar surface area (TPSA) is 85.8 Å². The number of carbonyl (C=O) groups excluding carboxylic acids is 2. The van der Waals surface area contributed by atoms with Crippen molar-refractivity contribution in [1.82, 2.24) is 20.9 Å². The molecule has 0 aromatic rings. The summed E-state index contributed by atoms with van der Waals surface area (Å²) in [6.45, 7) is 9.71. The molecule has 0 radical (unpaired) electrons. The molecule has 1 aliphatic rings. The maximum absolute atomic E-state index is 11.5. The molecule has 22 heavy (non-hydrogen) atoms. The van der Waals surface area contributed by atoms with Crippen molar-refractivity contribution in [3.63, 3.8) is 0 Å². The smallest absolute Gasteiger partial charge is 0.324 e. The average Bonchev–Trinajstić information content (AvgIpc) is 2.74. The van der Waals surface area contributed by atoms with Gasteiger partial charge in [0.15, 0.2) is 5.96 Å². The number of guanidine groups is 1. The van der Waals surface area contributed by atoms with Gasteiger partial charge in [0.2, 0.25) is 5.91 Å². The normalized spacial score (nSPS) is 17.5. The van der Waals surface area contributed by atoms with Crippen molar-refractivity contribution in [2.75, 3.05) is 26.7 Å². The molecule has 0 saturated carbocycles. The van der Waals surface area contributed by atoms with Gasteiger partial charge in [-0.2, -0.15) is 0 Å². The predicted octanol–water partition coefficient (Wildman–Crippen LogP) is 0.918. The van der Waals surface area contributed by atoms with E-state index >= 15 is 0 Å². The standard InChI is InChI=1S/C15H29N5O2/c1-11(6-7-15(2,3)4)19-13(16-5)17-8-9-20-12(21)10-18-14(20)22/h11H,6-10H2,1-5H3,(H,18,22)(H2,16,17,19).